The van der Waals surface area contributed by atoms with Gasteiger partial charge in [0.1, 0.15) is 5.76 Å². The van der Waals surface area contributed by atoms with E-state index in [2.05, 4.69) is 56.0 Å². The SMILES string of the molecule is CCCCCCCO/C(=C\c1ccc(C)cc1)c1ccc(C#Cc2ccc(C(=O)O)cc2)cc1. The molecule has 0 atom stereocenters. The van der Waals surface area contributed by atoms with Crippen LogP contribution in [0.15, 0.2) is 72.8 Å². The molecule has 0 heterocycles. The van der Waals surface area contributed by atoms with Crippen LogP contribution in [0.25, 0.3) is 11.8 Å². The lowest BCUT2D eigenvalue weighted by Crippen LogP contribution is -1.96. The Kier molecular flexibility index (Phi) is 9.55. The van der Waals surface area contributed by atoms with E-state index in [-0.39, 0.29) is 5.56 Å². The van der Waals surface area contributed by atoms with Gasteiger partial charge in [0.15, 0.2) is 0 Å². The molecular weight excluding hydrogens is 420 g/mol. The zero-order chi connectivity index (χ0) is 24.2. The summed E-state index contributed by atoms with van der Waals surface area (Å²) < 4.78 is 6.22. The monoisotopic (exact) mass is 452 g/mol. The molecule has 3 aromatic carbocycles. The Balaban J connectivity index is 1.73. The third-order valence-electron chi connectivity index (χ3n) is 5.53. The Bertz CT molecular complexity index is 1140. The van der Waals surface area contributed by atoms with E-state index in [0.717, 1.165) is 34.4 Å². The van der Waals surface area contributed by atoms with Crippen molar-refractivity contribution in [3.05, 3.63) is 106 Å². The molecule has 0 aromatic heterocycles. The summed E-state index contributed by atoms with van der Waals surface area (Å²) in [6, 6.07) is 23.1. The summed E-state index contributed by atoms with van der Waals surface area (Å²) in [7, 11) is 0. The first-order chi connectivity index (χ1) is 16.5. The molecule has 0 radical (unpaired) electrons. The highest BCUT2D eigenvalue weighted by molar-refractivity contribution is 5.87. The van der Waals surface area contributed by atoms with Gasteiger partial charge < -0.3 is 9.84 Å². The van der Waals surface area contributed by atoms with Gasteiger partial charge in [-0.15, -0.1) is 0 Å². The highest BCUT2D eigenvalue weighted by atomic mass is 16.5. The fourth-order valence-corrected chi connectivity index (χ4v) is 3.47. The lowest BCUT2D eigenvalue weighted by atomic mass is 10.1. The van der Waals surface area contributed by atoms with E-state index in [1.807, 2.05) is 24.3 Å². The largest absolute Gasteiger partial charge is 0.493 e. The van der Waals surface area contributed by atoms with Crippen molar-refractivity contribution in [2.24, 2.45) is 0 Å². The van der Waals surface area contributed by atoms with Crippen LogP contribution in [0.5, 0.6) is 0 Å². The van der Waals surface area contributed by atoms with Gasteiger partial charge in [0, 0.05) is 16.7 Å². The second-order valence-electron chi connectivity index (χ2n) is 8.39. The Morgan fingerprint density at radius 1 is 0.794 bits per heavy atom. The van der Waals surface area contributed by atoms with E-state index in [0.29, 0.717) is 6.61 Å². The number of ether oxygens (including phenoxy) is 1. The van der Waals surface area contributed by atoms with E-state index in [1.165, 1.54) is 31.2 Å². The molecule has 0 bridgehead atoms. The maximum Gasteiger partial charge on any atom is 0.335 e. The molecule has 3 nitrogen and oxygen atoms in total. The second-order valence-corrected chi connectivity index (χ2v) is 8.39. The van der Waals surface area contributed by atoms with Crippen LogP contribution in [0, 0.1) is 18.8 Å². The summed E-state index contributed by atoms with van der Waals surface area (Å²) in [6.07, 6.45) is 8.10. The van der Waals surface area contributed by atoms with Crippen LogP contribution in [0.2, 0.25) is 0 Å². The van der Waals surface area contributed by atoms with Crippen LogP contribution in [0.4, 0.5) is 0 Å². The smallest absolute Gasteiger partial charge is 0.335 e. The average molecular weight is 453 g/mol. The van der Waals surface area contributed by atoms with Gasteiger partial charge in [0.25, 0.3) is 0 Å². The third-order valence-corrected chi connectivity index (χ3v) is 5.53. The third kappa shape index (κ3) is 7.98. The zero-order valence-electron chi connectivity index (χ0n) is 20.0. The number of unbranched alkanes of at least 4 members (excludes halogenated alkanes) is 4. The van der Waals surface area contributed by atoms with Crippen LogP contribution in [-0.2, 0) is 4.74 Å². The predicted octanol–water partition coefficient (Wildman–Crippen LogP) is 7.58. The van der Waals surface area contributed by atoms with E-state index in [4.69, 9.17) is 9.84 Å². The molecule has 0 aliphatic rings. The maximum atomic E-state index is 11.0. The minimum absolute atomic E-state index is 0.258. The van der Waals surface area contributed by atoms with E-state index in [1.54, 1.807) is 24.3 Å². The summed E-state index contributed by atoms with van der Waals surface area (Å²) >= 11 is 0. The normalized spacial score (nSPS) is 10.9. The number of aryl methyl sites for hydroxylation is 1. The summed E-state index contributed by atoms with van der Waals surface area (Å²) in [5, 5.41) is 9.01. The van der Waals surface area contributed by atoms with Crippen molar-refractivity contribution in [1.29, 1.82) is 0 Å². The molecule has 0 unspecified atom stereocenters. The maximum absolute atomic E-state index is 11.0. The zero-order valence-corrected chi connectivity index (χ0v) is 20.0. The van der Waals surface area contributed by atoms with Crippen LogP contribution >= 0.6 is 0 Å². The highest BCUT2D eigenvalue weighted by Gasteiger charge is 2.05. The molecule has 0 fully saturated rings. The highest BCUT2D eigenvalue weighted by Crippen LogP contribution is 2.21. The molecule has 0 amide bonds. The van der Waals surface area contributed by atoms with Gasteiger partial charge in [-0.1, -0.05) is 86.4 Å². The fourth-order valence-electron chi connectivity index (χ4n) is 3.47. The first kappa shape index (κ1) is 24.9. The number of aromatic carboxylic acids is 1. The van der Waals surface area contributed by atoms with Crippen molar-refractivity contribution in [3.63, 3.8) is 0 Å². The molecule has 34 heavy (non-hydrogen) atoms. The molecule has 0 aliphatic carbocycles. The van der Waals surface area contributed by atoms with Crippen molar-refractivity contribution in [2.45, 2.75) is 46.0 Å². The topological polar surface area (TPSA) is 46.5 Å². The summed E-state index contributed by atoms with van der Waals surface area (Å²) in [5.41, 5.74) is 5.29. The van der Waals surface area contributed by atoms with Gasteiger partial charge in [-0.05, 0) is 61.4 Å². The van der Waals surface area contributed by atoms with Crippen LogP contribution in [0.3, 0.4) is 0 Å². The number of carbonyl (C=O) groups is 1. The Hall–Kier alpha value is -3.77. The second kappa shape index (κ2) is 13.1. The Morgan fingerprint density at radius 3 is 1.91 bits per heavy atom. The predicted molar refractivity (Wildman–Crippen MR) is 140 cm³/mol. The molecule has 0 aliphatic heterocycles. The number of carboxylic acids is 1. The molecule has 3 rings (SSSR count). The van der Waals surface area contributed by atoms with Gasteiger partial charge >= 0.3 is 5.97 Å². The first-order valence-electron chi connectivity index (χ1n) is 11.9. The van der Waals surface area contributed by atoms with Gasteiger partial charge in [-0.2, -0.15) is 0 Å². The molecular formula is C31H32O3. The minimum Gasteiger partial charge on any atom is -0.493 e. The molecule has 0 saturated carbocycles. The van der Waals surface area contributed by atoms with E-state index < -0.39 is 5.97 Å². The number of rotatable bonds is 10. The van der Waals surface area contributed by atoms with E-state index >= 15 is 0 Å². The van der Waals surface area contributed by atoms with Crippen molar-refractivity contribution < 1.29 is 14.6 Å². The molecule has 174 valence electrons. The Morgan fingerprint density at radius 2 is 1.35 bits per heavy atom. The van der Waals surface area contributed by atoms with Crippen molar-refractivity contribution in [3.8, 4) is 11.8 Å². The summed E-state index contributed by atoms with van der Waals surface area (Å²) in [4.78, 5) is 11.0. The number of hydrogen-bond acceptors (Lipinski definition) is 2. The average Bonchev–Trinajstić information content (AvgIpc) is 2.86. The molecule has 0 spiro atoms. The standard InChI is InChI=1S/C31H32O3/c1-3-4-5-6-7-22-34-30(23-27-10-8-24(2)9-11-27)28-18-14-25(15-19-28)12-13-26-16-20-29(21-17-26)31(32)33/h8-11,14-21,23H,3-7,22H2,1-2H3,(H,32,33)/b30-23-. The summed E-state index contributed by atoms with van der Waals surface area (Å²) in [5.74, 6) is 6.16. The first-order valence-corrected chi connectivity index (χ1v) is 11.9. The molecule has 1 N–H and O–H groups in total. The fraction of sp³-hybridized carbons (Fsp3) is 0.258. The quantitative estimate of drug-likeness (QED) is 0.149. The molecule has 3 aromatic rings. The lowest BCUT2D eigenvalue weighted by Gasteiger charge is -2.12. The van der Waals surface area contributed by atoms with Crippen LogP contribution in [-0.4, -0.2) is 17.7 Å². The molecule has 0 saturated heterocycles. The lowest BCUT2D eigenvalue weighted by molar-refractivity contribution is 0.0697. The van der Waals surface area contributed by atoms with Gasteiger partial charge in [-0.3, -0.25) is 0 Å². The van der Waals surface area contributed by atoms with Crippen molar-refractivity contribution in [2.75, 3.05) is 6.61 Å². The summed E-state index contributed by atoms with van der Waals surface area (Å²) in [6.45, 7) is 5.01. The van der Waals surface area contributed by atoms with Crippen LogP contribution < -0.4 is 0 Å². The Labute approximate surface area is 203 Å². The van der Waals surface area contributed by atoms with Gasteiger partial charge in [0.2, 0.25) is 0 Å². The van der Waals surface area contributed by atoms with Gasteiger partial charge in [0.05, 0.1) is 12.2 Å². The van der Waals surface area contributed by atoms with Crippen LogP contribution in [0.1, 0.15) is 77.2 Å². The van der Waals surface area contributed by atoms with Crippen molar-refractivity contribution >= 4 is 17.8 Å². The number of benzene rings is 3. The number of hydrogen-bond donors (Lipinski definition) is 1. The molecule has 3 heteroatoms. The van der Waals surface area contributed by atoms with E-state index in [9.17, 15) is 4.79 Å². The number of carboxylic acid groups (broad SMARTS) is 1. The van der Waals surface area contributed by atoms with Gasteiger partial charge in [-0.25, -0.2) is 4.79 Å². The van der Waals surface area contributed by atoms with Crippen molar-refractivity contribution in [1.82, 2.24) is 0 Å². The minimum atomic E-state index is -0.937.